The summed E-state index contributed by atoms with van der Waals surface area (Å²) in [5.74, 6) is 6.32. The number of hydrogen-bond donors (Lipinski definition) is 0. The van der Waals surface area contributed by atoms with Crippen LogP contribution in [0.25, 0.3) is 27.5 Å². The maximum atomic E-state index is 7.22. The summed E-state index contributed by atoms with van der Waals surface area (Å²) < 4.78 is 16.3. The van der Waals surface area contributed by atoms with E-state index in [1.165, 1.54) is 22.2 Å². The van der Waals surface area contributed by atoms with E-state index in [1.54, 1.807) is 0 Å². The van der Waals surface area contributed by atoms with Crippen LogP contribution in [-0.2, 0) is 0 Å². The van der Waals surface area contributed by atoms with Crippen molar-refractivity contribution in [3.63, 3.8) is 0 Å². The molecule has 0 spiro atoms. The fourth-order valence-electron chi connectivity index (χ4n) is 7.68. The Morgan fingerprint density at radius 1 is 0.820 bits per heavy atom. The van der Waals surface area contributed by atoms with Gasteiger partial charge in [-0.15, -0.1) is 6.42 Å². The molecule has 1 aromatic heterocycles. The van der Waals surface area contributed by atoms with E-state index in [9.17, 15) is 0 Å². The number of terminal acetylenes is 1. The van der Waals surface area contributed by atoms with Gasteiger partial charge in [-0.1, -0.05) is 89.9 Å². The summed E-state index contributed by atoms with van der Waals surface area (Å²) in [4.78, 5) is 2.14. The second kappa shape index (κ2) is 11.8. The minimum absolute atomic E-state index is 0.0695. The van der Waals surface area contributed by atoms with Crippen molar-refractivity contribution < 1.29 is 9.47 Å². The van der Waals surface area contributed by atoms with Crippen LogP contribution < -0.4 is 30.8 Å². The topological polar surface area (TPSA) is 26.6 Å². The van der Waals surface area contributed by atoms with Gasteiger partial charge in [0.05, 0.1) is 22.4 Å². The Hall–Kier alpha value is -6.12. The average Bonchev–Trinajstić information content (AvgIpc) is 3.48. The van der Waals surface area contributed by atoms with Crippen LogP contribution in [0.2, 0.25) is 0 Å². The van der Waals surface area contributed by atoms with Crippen molar-refractivity contribution in [1.29, 1.82) is 0 Å². The molecule has 1 aliphatic carbocycles. The number of para-hydroxylation sites is 2. The minimum atomic E-state index is -0.0695. The molecule has 2 aliphatic heterocycles. The highest BCUT2D eigenvalue weighted by molar-refractivity contribution is 6.98. The zero-order valence-corrected chi connectivity index (χ0v) is 28.4. The third kappa shape index (κ3) is 4.71. The molecule has 3 heterocycles. The summed E-state index contributed by atoms with van der Waals surface area (Å²) >= 11 is 0. The number of rotatable bonds is 5. The lowest BCUT2D eigenvalue weighted by atomic mass is 9.35. The normalized spacial score (nSPS) is 14.2. The van der Waals surface area contributed by atoms with E-state index in [0.717, 1.165) is 85.7 Å². The number of hydrogen-bond acceptors (Lipinski definition) is 3. The molecule has 5 heteroatoms. The second-order valence-corrected chi connectivity index (χ2v) is 13.5. The summed E-state index contributed by atoms with van der Waals surface area (Å²) in [6.45, 7) is 6.18. The Kier molecular flexibility index (Phi) is 7.07. The summed E-state index contributed by atoms with van der Waals surface area (Å²) in [7, 11) is 0. The maximum absolute atomic E-state index is 7.22. The van der Waals surface area contributed by atoms with Crippen LogP contribution in [0.3, 0.4) is 0 Å². The first-order valence-corrected chi connectivity index (χ1v) is 17.2. The fourth-order valence-corrected chi connectivity index (χ4v) is 7.68. The van der Waals surface area contributed by atoms with E-state index in [1.807, 2.05) is 12.1 Å². The Labute approximate surface area is 293 Å². The molecule has 0 saturated heterocycles. The molecule has 0 unspecified atom stereocenters. The lowest BCUT2D eigenvalue weighted by Gasteiger charge is -2.34. The third-order valence-corrected chi connectivity index (χ3v) is 9.97. The molecular weight excluding hydrogens is 611 g/mol. The van der Waals surface area contributed by atoms with E-state index in [2.05, 4.69) is 151 Å². The molecule has 0 N–H and O–H groups in total. The van der Waals surface area contributed by atoms with Gasteiger partial charge in [0.15, 0.2) is 5.75 Å². The van der Waals surface area contributed by atoms with Gasteiger partial charge < -0.3 is 18.9 Å². The monoisotopic (exact) mass is 646 g/mol. The fraction of sp³-hybridized carbons (Fsp3) is 0.111. The minimum Gasteiger partial charge on any atom is -0.458 e. The van der Waals surface area contributed by atoms with Crippen LogP contribution in [0.4, 0.5) is 11.4 Å². The second-order valence-electron chi connectivity index (χ2n) is 13.5. The molecule has 0 bridgehead atoms. The molecule has 0 amide bonds. The molecule has 0 saturated carbocycles. The SMILES string of the molecule is C#C/C(=C\C=C(C)C)N(c1ccc(C)cc1)c1ccc2c(c1)Oc1c3c(cc4c5ccccc5n(C5=CC=CCC5)c14)Oc1ccccc1B23. The number of fused-ring (bicyclic) bond motifs is 8. The van der Waals surface area contributed by atoms with Gasteiger partial charge in [0.1, 0.15) is 17.2 Å². The number of benzene rings is 5. The summed E-state index contributed by atoms with van der Waals surface area (Å²) in [6.07, 6.45) is 18.9. The van der Waals surface area contributed by atoms with Crippen LogP contribution in [0.1, 0.15) is 32.3 Å². The molecular formula is C45H35BN2O2. The van der Waals surface area contributed by atoms with Gasteiger partial charge in [-0.25, -0.2) is 0 Å². The Balaban J connectivity index is 1.32. The van der Waals surface area contributed by atoms with Crippen LogP contribution in [0.5, 0.6) is 23.0 Å². The van der Waals surface area contributed by atoms with Crippen molar-refractivity contribution in [3.05, 3.63) is 144 Å². The van der Waals surface area contributed by atoms with Crippen LogP contribution in [-0.4, -0.2) is 11.3 Å². The molecule has 4 nitrogen and oxygen atoms in total. The van der Waals surface area contributed by atoms with Crippen molar-refractivity contribution in [1.82, 2.24) is 4.57 Å². The van der Waals surface area contributed by atoms with Gasteiger partial charge in [0, 0.05) is 33.7 Å². The average molecular weight is 647 g/mol. The number of allylic oxidation sites excluding steroid dienone is 8. The van der Waals surface area contributed by atoms with Crippen molar-refractivity contribution in [2.75, 3.05) is 4.90 Å². The van der Waals surface area contributed by atoms with E-state index in [4.69, 9.17) is 15.9 Å². The van der Waals surface area contributed by atoms with Crippen molar-refractivity contribution in [3.8, 4) is 35.3 Å². The van der Waals surface area contributed by atoms with Gasteiger partial charge in [-0.3, -0.25) is 0 Å². The van der Waals surface area contributed by atoms with Gasteiger partial charge in [0.25, 0.3) is 6.71 Å². The molecule has 5 aromatic carbocycles. The molecule has 6 aromatic rings. The number of nitrogens with zero attached hydrogens (tertiary/aromatic N) is 2. The lowest BCUT2D eigenvalue weighted by molar-refractivity contribution is 0.468. The van der Waals surface area contributed by atoms with E-state index < -0.39 is 0 Å². The van der Waals surface area contributed by atoms with E-state index >= 15 is 0 Å². The van der Waals surface area contributed by atoms with Crippen LogP contribution >= 0.6 is 0 Å². The molecule has 0 radical (unpaired) electrons. The number of aromatic nitrogens is 1. The first-order chi connectivity index (χ1) is 24.5. The Morgan fingerprint density at radius 3 is 2.40 bits per heavy atom. The van der Waals surface area contributed by atoms with Crippen LogP contribution in [0, 0.1) is 19.3 Å². The molecule has 3 aliphatic rings. The van der Waals surface area contributed by atoms with Gasteiger partial charge in [-0.05, 0) is 93.1 Å². The molecule has 50 heavy (non-hydrogen) atoms. The Morgan fingerprint density at radius 2 is 1.60 bits per heavy atom. The lowest BCUT2D eigenvalue weighted by Crippen LogP contribution is -2.57. The highest BCUT2D eigenvalue weighted by atomic mass is 16.5. The highest BCUT2D eigenvalue weighted by Crippen LogP contribution is 2.46. The van der Waals surface area contributed by atoms with Gasteiger partial charge in [-0.2, -0.15) is 0 Å². The number of anilines is 2. The predicted octanol–water partition coefficient (Wildman–Crippen LogP) is 9.64. The maximum Gasteiger partial charge on any atom is 0.260 e. The number of ether oxygens (including phenoxy) is 2. The van der Waals surface area contributed by atoms with Gasteiger partial charge in [0.2, 0.25) is 0 Å². The summed E-state index contributed by atoms with van der Waals surface area (Å²) in [5, 5.41) is 2.29. The largest absolute Gasteiger partial charge is 0.458 e. The molecule has 0 fully saturated rings. The molecule has 9 rings (SSSR count). The van der Waals surface area contributed by atoms with Crippen molar-refractivity contribution in [2.45, 2.75) is 33.6 Å². The molecule has 0 atom stereocenters. The summed E-state index contributed by atoms with van der Waals surface area (Å²) in [6, 6.07) is 34.2. The first-order valence-electron chi connectivity index (χ1n) is 17.2. The standard InChI is InChI=1S/C45H35BN2O2/c1-5-31(22-19-29(2)3)47(33-23-20-30(4)21-24-33)34-25-26-38-41(27-34)50-45-43-42(49-40-18-12-10-16-37(40)46(38)43)28-36-35-15-9-11-17-39(35)48(44(36)45)32-13-7-6-8-14-32/h1,6-7,9-13,15-28H,8,14H2,2-4H3/b31-22+. The zero-order valence-electron chi connectivity index (χ0n) is 28.4. The van der Waals surface area contributed by atoms with Gasteiger partial charge >= 0.3 is 0 Å². The number of aryl methyl sites for hydroxylation is 1. The van der Waals surface area contributed by atoms with Crippen LogP contribution in [0.15, 0.2) is 139 Å². The molecule has 240 valence electrons. The predicted molar refractivity (Wildman–Crippen MR) is 209 cm³/mol. The smallest absolute Gasteiger partial charge is 0.260 e. The van der Waals surface area contributed by atoms with E-state index in [-0.39, 0.29) is 6.71 Å². The summed E-state index contributed by atoms with van der Waals surface area (Å²) in [5.41, 5.74) is 11.8. The van der Waals surface area contributed by atoms with Crippen molar-refractivity contribution in [2.24, 2.45) is 0 Å². The first kappa shape index (κ1) is 30.0. The van der Waals surface area contributed by atoms with Crippen molar-refractivity contribution >= 4 is 62.0 Å². The quantitative estimate of drug-likeness (QED) is 0.106. The zero-order chi connectivity index (χ0) is 33.9. The Bertz CT molecular complexity index is 2540. The van der Waals surface area contributed by atoms with E-state index in [0.29, 0.717) is 0 Å². The third-order valence-electron chi connectivity index (χ3n) is 9.97. The highest BCUT2D eigenvalue weighted by Gasteiger charge is 2.42.